The van der Waals surface area contributed by atoms with Crippen molar-refractivity contribution in [3.63, 3.8) is 0 Å². The van der Waals surface area contributed by atoms with Gasteiger partial charge in [0.1, 0.15) is 11.2 Å². The van der Waals surface area contributed by atoms with Crippen LogP contribution in [0.5, 0.6) is 0 Å². The summed E-state index contributed by atoms with van der Waals surface area (Å²) in [6.07, 6.45) is 0. The lowest BCUT2D eigenvalue weighted by Crippen LogP contribution is -2.30. The highest BCUT2D eigenvalue weighted by atomic mass is 32.2. The molecule has 1 saturated heterocycles. The summed E-state index contributed by atoms with van der Waals surface area (Å²) >= 11 is 1.68. The fourth-order valence-corrected chi connectivity index (χ4v) is 3.83. The Labute approximate surface area is 128 Å². The number of hydrogen-bond donors (Lipinski definition) is 0. The molecule has 0 saturated carbocycles. The largest absolute Gasteiger partial charge is 0.322 e. The number of amides is 1. The van der Waals surface area contributed by atoms with E-state index in [0.717, 1.165) is 22.4 Å². The second kappa shape index (κ2) is 5.90. The van der Waals surface area contributed by atoms with Crippen LogP contribution >= 0.6 is 11.8 Å². The zero-order valence-electron chi connectivity index (χ0n) is 11.8. The molecule has 0 spiro atoms. The van der Waals surface area contributed by atoms with Crippen molar-refractivity contribution in [1.29, 1.82) is 0 Å². The van der Waals surface area contributed by atoms with E-state index in [-0.39, 0.29) is 17.1 Å². The predicted molar refractivity (Wildman–Crippen MR) is 83.8 cm³/mol. The molecule has 3 rings (SSSR count). The molecule has 21 heavy (non-hydrogen) atoms. The van der Waals surface area contributed by atoms with Crippen LogP contribution in [-0.4, -0.2) is 23.1 Å². The molecule has 1 atom stereocenters. The first-order chi connectivity index (χ1) is 10.2. The van der Waals surface area contributed by atoms with Crippen molar-refractivity contribution in [2.75, 3.05) is 12.3 Å². The molecular formula is C17H16FNOS. The molecule has 1 aliphatic rings. The van der Waals surface area contributed by atoms with Gasteiger partial charge in [-0.25, -0.2) is 4.39 Å². The first-order valence-corrected chi connectivity index (χ1v) is 7.95. The number of aryl methyl sites for hydroxylation is 1. The molecule has 2 aromatic carbocycles. The van der Waals surface area contributed by atoms with Crippen LogP contribution in [0.15, 0.2) is 48.5 Å². The summed E-state index contributed by atoms with van der Waals surface area (Å²) in [6.45, 7) is 2.63. The zero-order valence-corrected chi connectivity index (χ0v) is 12.6. The molecule has 0 aliphatic carbocycles. The highest BCUT2D eigenvalue weighted by molar-refractivity contribution is 7.99. The average Bonchev–Trinajstić information content (AvgIpc) is 2.96. The van der Waals surface area contributed by atoms with Gasteiger partial charge in [-0.15, -0.1) is 11.8 Å². The Bertz CT molecular complexity index is 673. The number of halogens is 1. The van der Waals surface area contributed by atoms with E-state index in [2.05, 4.69) is 0 Å². The lowest BCUT2D eigenvalue weighted by Gasteiger charge is -2.25. The van der Waals surface area contributed by atoms with Crippen molar-refractivity contribution in [2.24, 2.45) is 0 Å². The maximum atomic E-state index is 13.4. The summed E-state index contributed by atoms with van der Waals surface area (Å²) < 4.78 is 13.4. The van der Waals surface area contributed by atoms with E-state index in [0.29, 0.717) is 6.54 Å². The van der Waals surface area contributed by atoms with Gasteiger partial charge in [-0.05, 0) is 36.2 Å². The van der Waals surface area contributed by atoms with E-state index in [1.807, 2.05) is 42.2 Å². The summed E-state index contributed by atoms with van der Waals surface area (Å²) in [6, 6.07) is 14.1. The monoisotopic (exact) mass is 301 g/mol. The van der Waals surface area contributed by atoms with Crippen LogP contribution in [0.3, 0.4) is 0 Å². The number of carbonyl (C=O) groups excluding carboxylic acids is 1. The molecule has 0 bridgehead atoms. The molecule has 2 aromatic rings. The van der Waals surface area contributed by atoms with Gasteiger partial charge < -0.3 is 4.90 Å². The van der Waals surface area contributed by atoms with Gasteiger partial charge >= 0.3 is 0 Å². The molecule has 108 valence electrons. The Morgan fingerprint density at radius 2 is 2.05 bits per heavy atom. The Kier molecular flexibility index (Phi) is 3.97. The fourth-order valence-electron chi connectivity index (χ4n) is 2.58. The molecule has 1 unspecified atom stereocenters. The minimum Gasteiger partial charge on any atom is -0.322 e. The van der Waals surface area contributed by atoms with Crippen LogP contribution in [-0.2, 0) is 0 Å². The van der Waals surface area contributed by atoms with E-state index in [1.165, 1.54) is 12.1 Å². The third-order valence-corrected chi connectivity index (χ3v) is 4.92. The maximum Gasteiger partial charge on any atom is 0.255 e. The van der Waals surface area contributed by atoms with Crippen molar-refractivity contribution in [3.8, 4) is 0 Å². The smallest absolute Gasteiger partial charge is 0.255 e. The number of hydrogen-bond acceptors (Lipinski definition) is 2. The quantitative estimate of drug-likeness (QED) is 0.835. The van der Waals surface area contributed by atoms with Gasteiger partial charge in [0.25, 0.3) is 5.91 Å². The Morgan fingerprint density at radius 1 is 1.24 bits per heavy atom. The lowest BCUT2D eigenvalue weighted by molar-refractivity contribution is 0.0759. The third kappa shape index (κ3) is 2.81. The van der Waals surface area contributed by atoms with Gasteiger partial charge in [0.05, 0.1) is 0 Å². The highest BCUT2D eigenvalue weighted by Gasteiger charge is 2.31. The van der Waals surface area contributed by atoms with Crippen LogP contribution in [0.4, 0.5) is 4.39 Å². The van der Waals surface area contributed by atoms with E-state index < -0.39 is 0 Å². The van der Waals surface area contributed by atoms with Gasteiger partial charge in [-0.3, -0.25) is 4.79 Å². The molecule has 0 radical (unpaired) electrons. The normalized spacial score (nSPS) is 18.0. The third-order valence-electron chi connectivity index (χ3n) is 3.66. The van der Waals surface area contributed by atoms with Gasteiger partial charge in [-0.2, -0.15) is 0 Å². The summed E-state index contributed by atoms with van der Waals surface area (Å²) in [7, 11) is 0. The summed E-state index contributed by atoms with van der Waals surface area (Å²) in [5.41, 5.74) is 2.54. The molecule has 0 N–H and O–H groups in total. The number of nitrogens with zero attached hydrogens (tertiary/aromatic N) is 1. The van der Waals surface area contributed by atoms with Gasteiger partial charge in [0.2, 0.25) is 0 Å². The number of rotatable bonds is 2. The Hall–Kier alpha value is -1.81. The number of benzene rings is 2. The lowest BCUT2D eigenvalue weighted by atomic mass is 10.1. The standard InChI is InChI=1S/C17H16FNOS/c1-12-5-2-3-8-15(12)16(20)19-9-10-21-17(19)13-6-4-7-14(18)11-13/h2-8,11,17H,9-10H2,1H3. The summed E-state index contributed by atoms with van der Waals surface area (Å²) in [5.74, 6) is 0.634. The molecular weight excluding hydrogens is 285 g/mol. The SMILES string of the molecule is Cc1ccccc1C(=O)N1CCSC1c1cccc(F)c1. The second-order valence-electron chi connectivity index (χ2n) is 5.09. The van der Waals surface area contributed by atoms with E-state index in [4.69, 9.17) is 0 Å². The van der Waals surface area contributed by atoms with Crippen LogP contribution < -0.4 is 0 Å². The van der Waals surface area contributed by atoms with Gasteiger partial charge in [0, 0.05) is 17.9 Å². The summed E-state index contributed by atoms with van der Waals surface area (Å²) in [4.78, 5) is 14.6. The van der Waals surface area contributed by atoms with E-state index in [1.54, 1.807) is 17.8 Å². The van der Waals surface area contributed by atoms with Gasteiger partial charge in [-0.1, -0.05) is 30.3 Å². The van der Waals surface area contributed by atoms with E-state index in [9.17, 15) is 9.18 Å². The highest BCUT2D eigenvalue weighted by Crippen LogP contribution is 2.39. The molecule has 0 aromatic heterocycles. The molecule has 4 heteroatoms. The van der Waals surface area contributed by atoms with Crippen molar-refractivity contribution in [1.82, 2.24) is 4.90 Å². The predicted octanol–water partition coefficient (Wildman–Crippen LogP) is 4.02. The summed E-state index contributed by atoms with van der Waals surface area (Å²) in [5, 5.41) is -0.104. The van der Waals surface area contributed by atoms with Crippen molar-refractivity contribution in [2.45, 2.75) is 12.3 Å². The van der Waals surface area contributed by atoms with Gasteiger partial charge in [0.15, 0.2) is 0 Å². The molecule has 1 amide bonds. The number of carbonyl (C=O) groups is 1. The maximum absolute atomic E-state index is 13.4. The first-order valence-electron chi connectivity index (χ1n) is 6.90. The minimum atomic E-state index is -0.261. The van der Waals surface area contributed by atoms with Crippen molar-refractivity contribution >= 4 is 17.7 Å². The van der Waals surface area contributed by atoms with Crippen LogP contribution in [0, 0.1) is 12.7 Å². The van der Waals surface area contributed by atoms with Crippen LogP contribution in [0.2, 0.25) is 0 Å². The molecule has 2 nitrogen and oxygen atoms in total. The Balaban J connectivity index is 1.91. The van der Waals surface area contributed by atoms with Crippen molar-refractivity contribution < 1.29 is 9.18 Å². The second-order valence-corrected chi connectivity index (χ2v) is 6.28. The first kappa shape index (κ1) is 14.1. The number of thioether (sulfide) groups is 1. The van der Waals surface area contributed by atoms with Crippen LogP contribution in [0.1, 0.15) is 26.9 Å². The van der Waals surface area contributed by atoms with Crippen molar-refractivity contribution in [3.05, 3.63) is 71.0 Å². The fraction of sp³-hybridized carbons (Fsp3) is 0.235. The molecule has 1 aliphatic heterocycles. The Morgan fingerprint density at radius 3 is 2.81 bits per heavy atom. The topological polar surface area (TPSA) is 20.3 Å². The molecule has 1 heterocycles. The zero-order chi connectivity index (χ0) is 14.8. The average molecular weight is 301 g/mol. The molecule has 1 fully saturated rings. The minimum absolute atomic E-state index is 0.0207. The van der Waals surface area contributed by atoms with E-state index >= 15 is 0 Å². The van der Waals surface area contributed by atoms with Crippen LogP contribution in [0.25, 0.3) is 0 Å².